The Balaban J connectivity index is 1.84. The fraction of sp³-hybridized carbons (Fsp3) is 0.400. The van der Waals surface area contributed by atoms with Crippen LogP contribution in [0.4, 0.5) is 5.69 Å². The Bertz CT molecular complexity index is 831. The summed E-state index contributed by atoms with van der Waals surface area (Å²) in [6, 6.07) is 6.89. The Kier molecular flexibility index (Phi) is 3.70. The average Bonchev–Trinajstić information content (AvgIpc) is 3.24. The van der Waals surface area contributed by atoms with Crippen LogP contribution in [0.5, 0.6) is 5.75 Å². The second kappa shape index (κ2) is 5.71. The van der Waals surface area contributed by atoms with Crippen molar-refractivity contribution in [1.29, 1.82) is 0 Å². The van der Waals surface area contributed by atoms with Crippen LogP contribution >= 0.6 is 0 Å². The molecule has 0 saturated carbocycles. The summed E-state index contributed by atoms with van der Waals surface area (Å²) in [5.41, 5.74) is 0.659. The lowest BCUT2D eigenvalue weighted by Crippen LogP contribution is -2.45. The molecule has 2 fully saturated rings. The maximum Gasteiger partial charge on any atom is 0.310 e. The van der Waals surface area contributed by atoms with Crippen LogP contribution in [-0.4, -0.2) is 41.8 Å². The number of carbonyl (C=O) groups is 2. The van der Waals surface area contributed by atoms with E-state index in [0.29, 0.717) is 17.9 Å². The normalized spacial score (nSPS) is 34.2. The first-order valence-corrected chi connectivity index (χ1v) is 8.60. The number of benzene rings is 1. The highest BCUT2D eigenvalue weighted by Gasteiger charge is 2.71. The number of hydrogen-bond acceptors (Lipinski definition) is 4. The smallest absolute Gasteiger partial charge is 0.310 e. The number of aliphatic carboxylic acids is 1. The molecule has 1 N–H and O–H groups in total. The van der Waals surface area contributed by atoms with E-state index in [1.54, 1.807) is 30.2 Å². The molecule has 6 heteroatoms. The topological polar surface area (TPSA) is 76.1 Å². The SMILES string of the molecule is C=C(C)C[C@@H]1N(c2cccc(OC)c2)C(=O)[C@@H]2[C@@H](C(=O)O)[C@@H]3C=C[C@]21O3. The first-order valence-electron chi connectivity index (χ1n) is 8.60. The molecule has 1 aromatic carbocycles. The molecular formula is C20H21NO5. The molecular weight excluding hydrogens is 334 g/mol. The van der Waals surface area contributed by atoms with E-state index >= 15 is 0 Å². The van der Waals surface area contributed by atoms with Gasteiger partial charge < -0.3 is 19.5 Å². The van der Waals surface area contributed by atoms with E-state index in [0.717, 1.165) is 5.57 Å². The van der Waals surface area contributed by atoms with Gasteiger partial charge >= 0.3 is 5.97 Å². The maximum absolute atomic E-state index is 13.4. The summed E-state index contributed by atoms with van der Waals surface area (Å²) >= 11 is 0. The summed E-state index contributed by atoms with van der Waals surface area (Å²) in [5, 5.41) is 9.68. The highest BCUT2D eigenvalue weighted by Crippen LogP contribution is 2.56. The zero-order chi connectivity index (χ0) is 18.6. The van der Waals surface area contributed by atoms with Crippen molar-refractivity contribution in [3.8, 4) is 5.75 Å². The van der Waals surface area contributed by atoms with Gasteiger partial charge in [0, 0.05) is 11.8 Å². The van der Waals surface area contributed by atoms with E-state index in [1.165, 1.54) is 0 Å². The van der Waals surface area contributed by atoms with Crippen LogP contribution in [-0.2, 0) is 14.3 Å². The molecule has 26 heavy (non-hydrogen) atoms. The molecule has 1 aromatic rings. The highest BCUT2D eigenvalue weighted by molar-refractivity contribution is 6.03. The monoisotopic (exact) mass is 355 g/mol. The summed E-state index contributed by atoms with van der Waals surface area (Å²) in [5.74, 6) is -2.18. The molecule has 3 heterocycles. The predicted octanol–water partition coefficient (Wildman–Crippen LogP) is 2.40. The lowest BCUT2D eigenvalue weighted by Gasteiger charge is -2.33. The van der Waals surface area contributed by atoms with Crippen molar-refractivity contribution in [3.63, 3.8) is 0 Å². The number of carboxylic acid groups (broad SMARTS) is 1. The standard InChI is InChI=1S/C20H21NO5/c1-11(2)9-15-20-8-7-14(26-20)16(19(23)24)17(20)18(22)21(15)12-5-4-6-13(10-12)25-3/h4-8,10,14-17H,1,9H2,2-3H3,(H,23,24)/t14-,15-,16-,17-,20+/m0/s1. The van der Waals surface area contributed by atoms with Gasteiger partial charge in [0.05, 0.1) is 25.2 Å². The van der Waals surface area contributed by atoms with Gasteiger partial charge in [-0.15, -0.1) is 6.58 Å². The zero-order valence-corrected chi connectivity index (χ0v) is 14.7. The van der Waals surface area contributed by atoms with E-state index < -0.39 is 29.5 Å². The average molecular weight is 355 g/mol. The Morgan fingerprint density at radius 1 is 1.46 bits per heavy atom. The molecule has 0 aliphatic carbocycles. The molecule has 1 amide bonds. The van der Waals surface area contributed by atoms with Gasteiger partial charge in [-0.1, -0.05) is 23.8 Å². The van der Waals surface area contributed by atoms with Crippen LogP contribution in [0, 0.1) is 11.8 Å². The number of anilines is 1. The summed E-state index contributed by atoms with van der Waals surface area (Å²) in [6.07, 6.45) is 3.64. The third-order valence-electron chi connectivity index (χ3n) is 5.58. The van der Waals surface area contributed by atoms with E-state index in [4.69, 9.17) is 9.47 Å². The van der Waals surface area contributed by atoms with E-state index in [9.17, 15) is 14.7 Å². The highest BCUT2D eigenvalue weighted by atomic mass is 16.5. The fourth-order valence-electron chi connectivity index (χ4n) is 4.58. The number of ether oxygens (including phenoxy) is 2. The zero-order valence-electron chi connectivity index (χ0n) is 14.7. The molecule has 3 aliphatic rings. The number of fused-ring (bicyclic) bond motifs is 1. The largest absolute Gasteiger partial charge is 0.497 e. The van der Waals surface area contributed by atoms with Crippen molar-refractivity contribution in [2.75, 3.05) is 12.0 Å². The van der Waals surface area contributed by atoms with Crippen molar-refractivity contribution in [2.24, 2.45) is 11.8 Å². The van der Waals surface area contributed by atoms with Crippen LogP contribution in [0.2, 0.25) is 0 Å². The number of carbonyl (C=O) groups excluding carboxylic acids is 1. The van der Waals surface area contributed by atoms with Crippen molar-refractivity contribution < 1.29 is 24.2 Å². The van der Waals surface area contributed by atoms with Gasteiger partial charge in [-0.05, 0) is 25.5 Å². The van der Waals surface area contributed by atoms with Crippen molar-refractivity contribution in [3.05, 3.63) is 48.6 Å². The van der Waals surface area contributed by atoms with Crippen LogP contribution in [0.25, 0.3) is 0 Å². The Morgan fingerprint density at radius 2 is 2.23 bits per heavy atom. The van der Waals surface area contributed by atoms with Gasteiger partial charge in [0.2, 0.25) is 5.91 Å². The third-order valence-corrected chi connectivity index (χ3v) is 5.58. The summed E-state index contributed by atoms with van der Waals surface area (Å²) in [4.78, 5) is 26.9. The fourth-order valence-corrected chi connectivity index (χ4v) is 4.58. The van der Waals surface area contributed by atoms with Crippen LogP contribution in [0.15, 0.2) is 48.6 Å². The number of nitrogens with zero attached hydrogens (tertiary/aromatic N) is 1. The van der Waals surface area contributed by atoms with Gasteiger partial charge in [-0.2, -0.15) is 0 Å². The first kappa shape index (κ1) is 16.8. The maximum atomic E-state index is 13.4. The molecule has 4 rings (SSSR count). The molecule has 0 aromatic heterocycles. The lowest BCUT2D eigenvalue weighted by atomic mass is 9.74. The van der Waals surface area contributed by atoms with Crippen LogP contribution in [0.3, 0.4) is 0 Å². The Morgan fingerprint density at radius 3 is 2.88 bits per heavy atom. The molecule has 2 saturated heterocycles. The van der Waals surface area contributed by atoms with Gasteiger partial charge in [-0.3, -0.25) is 9.59 Å². The van der Waals surface area contributed by atoms with Gasteiger partial charge in [0.15, 0.2) is 0 Å². The first-order chi connectivity index (χ1) is 12.4. The summed E-state index contributed by atoms with van der Waals surface area (Å²) in [7, 11) is 1.57. The lowest BCUT2D eigenvalue weighted by molar-refractivity contribution is -0.146. The summed E-state index contributed by atoms with van der Waals surface area (Å²) < 4.78 is 11.4. The van der Waals surface area contributed by atoms with Crippen molar-refractivity contribution in [2.45, 2.75) is 31.1 Å². The molecule has 0 radical (unpaired) electrons. The molecule has 136 valence electrons. The van der Waals surface area contributed by atoms with Crippen LogP contribution < -0.4 is 9.64 Å². The van der Waals surface area contributed by atoms with E-state index in [-0.39, 0.29) is 11.9 Å². The number of hydrogen-bond donors (Lipinski definition) is 1. The van der Waals surface area contributed by atoms with Crippen LogP contribution in [0.1, 0.15) is 13.3 Å². The number of amides is 1. The minimum Gasteiger partial charge on any atom is -0.497 e. The Labute approximate surface area is 151 Å². The predicted molar refractivity (Wildman–Crippen MR) is 95.1 cm³/mol. The molecule has 3 aliphatic heterocycles. The van der Waals surface area contributed by atoms with E-state index in [2.05, 4.69) is 6.58 Å². The van der Waals surface area contributed by atoms with Gasteiger partial charge in [0.1, 0.15) is 17.3 Å². The summed E-state index contributed by atoms with van der Waals surface area (Å²) in [6.45, 7) is 5.89. The minimum absolute atomic E-state index is 0.219. The second-order valence-electron chi connectivity index (χ2n) is 7.22. The second-order valence-corrected chi connectivity index (χ2v) is 7.22. The minimum atomic E-state index is -0.999. The van der Waals surface area contributed by atoms with Crippen molar-refractivity contribution >= 4 is 17.6 Å². The third kappa shape index (κ3) is 2.15. The number of methoxy groups -OCH3 is 1. The molecule has 2 bridgehead atoms. The molecule has 1 spiro atoms. The number of carboxylic acids is 1. The molecule has 0 unspecified atom stereocenters. The quantitative estimate of drug-likeness (QED) is 0.821. The van der Waals surface area contributed by atoms with Gasteiger partial charge in [-0.25, -0.2) is 0 Å². The van der Waals surface area contributed by atoms with Crippen molar-refractivity contribution in [1.82, 2.24) is 0 Å². The number of rotatable bonds is 5. The Hall–Kier alpha value is -2.60. The molecule has 6 nitrogen and oxygen atoms in total. The van der Waals surface area contributed by atoms with E-state index in [1.807, 2.05) is 25.1 Å². The van der Waals surface area contributed by atoms with Gasteiger partial charge in [0.25, 0.3) is 0 Å². The molecule has 5 atom stereocenters.